The lowest BCUT2D eigenvalue weighted by molar-refractivity contribution is -0.121. The summed E-state index contributed by atoms with van der Waals surface area (Å²) in [6.45, 7) is 0.362. The van der Waals surface area contributed by atoms with Crippen molar-refractivity contribution in [2.24, 2.45) is 0 Å². The molecule has 1 unspecified atom stereocenters. The van der Waals surface area contributed by atoms with Gasteiger partial charge in [-0.3, -0.25) is 14.5 Å². The molecule has 31 heavy (non-hydrogen) atoms. The summed E-state index contributed by atoms with van der Waals surface area (Å²) in [4.78, 5) is 28.2. The van der Waals surface area contributed by atoms with Gasteiger partial charge in [-0.25, -0.2) is 8.78 Å². The summed E-state index contributed by atoms with van der Waals surface area (Å²) in [6.07, 6.45) is -2.11. The molecule has 8 heteroatoms. The number of nitrogens with zero attached hydrogens (tertiary/aromatic N) is 2. The Kier molecular flexibility index (Phi) is 5.91. The summed E-state index contributed by atoms with van der Waals surface area (Å²) in [5.74, 6) is 0.876. The van der Waals surface area contributed by atoms with Crippen LogP contribution in [0.4, 0.5) is 14.5 Å². The van der Waals surface area contributed by atoms with Crippen LogP contribution < -0.4 is 14.4 Å². The zero-order valence-electron chi connectivity index (χ0n) is 17.4. The largest absolute Gasteiger partial charge is 0.497 e. The maximum atomic E-state index is 12.6. The number of ketones is 1. The van der Waals surface area contributed by atoms with Crippen LogP contribution >= 0.6 is 0 Å². The van der Waals surface area contributed by atoms with Crippen LogP contribution in [-0.2, 0) is 4.79 Å². The first-order valence-corrected chi connectivity index (χ1v) is 10.1. The Bertz CT molecular complexity index is 994. The zero-order chi connectivity index (χ0) is 22.1. The number of methoxy groups -OCH3 is 2. The number of hydrogen-bond acceptors (Lipinski definition) is 5. The fourth-order valence-corrected chi connectivity index (χ4v) is 4.39. The van der Waals surface area contributed by atoms with Crippen LogP contribution in [0.5, 0.6) is 11.5 Å². The predicted molar refractivity (Wildman–Crippen MR) is 112 cm³/mol. The van der Waals surface area contributed by atoms with Gasteiger partial charge in [0.05, 0.1) is 27.3 Å². The van der Waals surface area contributed by atoms with Gasteiger partial charge in [0.15, 0.2) is 5.78 Å². The molecule has 1 saturated heterocycles. The van der Waals surface area contributed by atoms with E-state index in [1.165, 1.54) is 4.90 Å². The molecule has 0 bridgehead atoms. The van der Waals surface area contributed by atoms with Gasteiger partial charge in [-0.1, -0.05) is 12.1 Å². The van der Waals surface area contributed by atoms with Crippen molar-refractivity contribution in [3.05, 3.63) is 53.1 Å². The van der Waals surface area contributed by atoms with Gasteiger partial charge in [-0.05, 0) is 23.8 Å². The molecular formula is C23H24F2N2O4. The van der Waals surface area contributed by atoms with Crippen LogP contribution in [0.25, 0.3) is 0 Å². The fourth-order valence-electron chi connectivity index (χ4n) is 4.39. The Morgan fingerprint density at radius 1 is 1.06 bits per heavy atom. The highest BCUT2D eigenvalue weighted by molar-refractivity contribution is 6.03. The standard InChI is InChI=1S/C23H24F2N2O4/c1-30-16-9-18-19(28)11-17(23(18)20(10-16)31-2)14-3-5-15(6-4-14)27-8-7-26(12-21(24)25)13-22(27)29/h3-6,9-10,17,21H,7-8,11-13H2,1-2H3. The maximum Gasteiger partial charge on any atom is 0.251 e. The number of carbonyl (C=O) groups excluding carboxylic acids is 2. The molecule has 2 aromatic rings. The lowest BCUT2D eigenvalue weighted by Gasteiger charge is -2.34. The Hall–Kier alpha value is -3.00. The molecule has 0 radical (unpaired) electrons. The molecular weight excluding hydrogens is 406 g/mol. The minimum Gasteiger partial charge on any atom is -0.497 e. The molecule has 1 fully saturated rings. The molecule has 2 aromatic carbocycles. The number of halogens is 2. The van der Waals surface area contributed by atoms with E-state index in [4.69, 9.17) is 9.47 Å². The molecule has 1 aliphatic heterocycles. The minimum atomic E-state index is -2.45. The van der Waals surface area contributed by atoms with Crippen molar-refractivity contribution < 1.29 is 27.8 Å². The van der Waals surface area contributed by atoms with Crippen LogP contribution in [0, 0.1) is 0 Å². The second kappa shape index (κ2) is 8.63. The van der Waals surface area contributed by atoms with E-state index in [1.807, 2.05) is 24.3 Å². The third-order valence-corrected chi connectivity index (χ3v) is 5.91. The second-order valence-electron chi connectivity index (χ2n) is 7.73. The number of anilines is 1. The number of amides is 1. The Balaban J connectivity index is 1.55. The van der Waals surface area contributed by atoms with Crippen LogP contribution in [0.2, 0.25) is 0 Å². The minimum absolute atomic E-state index is 0.0182. The van der Waals surface area contributed by atoms with Crippen molar-refractivity contribution in [1.82, 2.24) is 4.90 Å². The van der Waals surface area contributed by atoms with Crippen molar-refractivity contribution in [1.29, 1.82) is 0 Å². The first-order valence-electron chi connectivity index (χ1n) is 10.1. The molecule has 164 valence electrons. The molecule has 6 nitrogen and oxygen atoms in total. The maximum absolute atomic E-state index is 12.6. The van der Waals surface area contributed by atoms with Crippen LogP contribution in [-0.4, -0.2) is 63.4 Å². The molecule has 1 heterocycles. The van der Waals surface area contributed by atoms with E-state index in [0.29, 0.717) is 36.6 Å². The van der Waals surface area contributed by atoms with Crippen molar-refractivity contribution >= 4 is 17.4 Å². The van der Waals surface area contributed by atoms with Gasteiger partial charge in [0.2, 0.25) is 5.91 Å². The molecule has 0 aromatic heterocycles. The van der Waals surface area contributed by atoms with Gasteiger partial charge in [-0.2, -0.15) is 0 Å². The molecule has 4 rings (SSSR count). The number of rotatable bonds is 6. The molecule has 1 atom stereocenters. The Morgan fingerprint density at radius 3 is 2.42 bits per heavy atom. The number of Topliss-reactive ketones (excluding diaryl/α,β-unsaturated/α-hetero) is 1. The zero-order valence-corrected chi connectivity index (χ0v) is 17.4. The summed E-state index contributed by atoms with van der Waals surface area (Å²) in [6, 6.07) is 11.0. The van der Waals surface area contributed by atoms with E-state index < -0.39 is 6.43 Å². The van der Waals surface area contributed by atoms with E-state index in [-0.39, 0.29) is 30.7 Å². The highest BCUT2D eigenvalue weighted by Crippen LogP contribution is 2.45. The third-order valence-electron chi connectivity index (χ3n) is 5.91. The normalized spacial score (nSPS) is 19.1. The number of piperazine rings is 1. The summed E-state index contributed by atoms with van der Waals surface area (Å²) >= 11 is 0. The number of ether oxygens (including phenoxy) is 2. The van der Waals surface area contributed by atoms with Gasteiger partial charge in [0.25, 0.3) is 6.43 Å². The first-order chi connectivity index (χ1) is 14.9. The summed E-state index contributed by atoms with van der Waals surface area (Å²) < 4.78 is 36.0. The number of fused-ring (bicyclic) bond motifs is 1. The highest BCUT2D eigenvalue weighted by Gasteiger charge is 2.34. The fraction of sp³-hybridized carbons (Fsp3) is 0.391. The second-order valence-corrected chi connectivity index (χ2v) is 7.73. The van der Waals surface area contributed by atoms with Gasteiger partial charge < -0.3 is 14.4 Å². The highest BCUT2D eigenvalue weighted by atomic mass is 19.3. The van der Waals surface area contributed by atoms with Crippen molar-refractivity contribution in [2.45, 2.75) is 18.8 Å². The number of carbonyl (C=O) groups is 2. The van der Waals surface area contributed by atoms with Gasteiger partial charge in [0.1, 0.15) is 11.5 Å². The van der Waals surface area contributed by atoms with Crippen LogP contribution in [0.3, 0.4) is 0 Å². The summed E-state index contributed by atoms with van der Waals surface area (Å²) in [5, 5.41) is 0. The van der Waals surface area contributed by atoms with Crippen molar-refractivity contribution in [3.63, 3.8) is 0 Å². The average Bonchev–Trinajstić information content (AvgIpc) is 3.09. The number of benzene rings is 2. The van der Waals surface area contributed by atoms with Gasteiger partial charge in [-0.15, -0.1) is 0 Å². The van der Waals surface area contributed by atoms with E-state index in [2.05, 4.69) is 0 Å². The predicted octanol–water partition coefficient (Wildman–Crippen LogP) is 3.34. The Labute approximate surface area is 179 Å². The summed E-state index contributed by atoms with van der Waals surface area (Å²) in [5.41, 5.74) is 3.12. The van der Waals surface area contributed by atoms with Gasteiger partial charge in [0, 0.05) is 48.3 Å². The quantitative estimate of drug-likeness (QED) is 0.704. The average molecular weight is 430 g/mol. The number of alkyl halides is 2. The number of hydrogen-bond donors (Lipinski definition) is 0. The molecule has 1 aliphatic carbocycles. The van der Waals surface area contributed by atoms with Crippen LogP contribution in [0.15, 0.2) is 36.4 Å². The molecule has 0 N–H and O–H groups in total. The molecule has 0 saturated carbocycles. The van der Waals surface area contributed by atoms with E-state index in [9.17, 15) is 18.4 Å². The molecule has 2 aliphatic rings. The van der Waals surface area contributed by atoms with Crippen LogP contribution in [0.1, 0.15) is 33.8 Å². The molecule has 0 spiro atoms. The first kappa shape index (κ1) is 21.2. The lowest BCUT2D eigenvalue weighted by Crippen LogP contribution is -2.51. The topological polar surface area (TPSA) is 59.1 Å². The third kappa shape index (κ3) is 4.12. The Morgan fingerprint density at radius 2 is 1.81 bits per heavy atom. The van der Waals surface area contributed by atoms with Gasteiger partial charge >= 0.3 is 0 Å². The van der Waals surface area contributed by atoms with E-state index >= 15 is 0 Å². The van der Waals surface area contributed by atoms with E-state index in [1.54, 1.807) is 31.3 Å². The summed E-state index contributed by atoms with van der Waals surface area (Å²) in [7, 11) is 3.11. The SMILES string of the molecule is COc1cc(OC)c2c(c1)C(=O)CC2c1ccc(N2CCN(CC(F)F)CC2=O)cc1. The lowest BCUT2D eigenvalue weighted by atomic mass is 9.92. The smallest absolute Gasteiger partial charge is 0.251 e. The monoisotopic (exact) mass is 430 g/mol. The van der Waals surface area contributed by atoms with Crippen molar-refractivity contribution in [3.8, 4) is 11.5 Å². The molecule has 1 amide bonds. The van der Waals surface area contributed by atoms with Crippen molar-refractivity contribution in [2.75, 3.05) is 45.3 Å². The van der Waals surface area contributed by atoms with E-state index in [0.717, 1.165) is 16.8 Å².